The summed E-state index contributed by atoms with van der Waals surface area (Å²) in [5.74, 6) is -0.943. The average molecular weight is 224 g/mol. The maximum atomic E-state index is 10.6. The summed E-state index contributed by atoms with van der Waals surface area (Å²) in [5.41, 5.74) is 1.75. The second-order valence-electron chi connectivity index (χ2n) is 3.10. The van der Waals surface area contributed by atoms with Crippen LogP contribution in [0.25, 0.3) is 0 Å². The third kappa shape index (κ3) is 2.48. The normalized spacial score (nSPS) is 9.67. The summed E-state index contributed by atoms with van der Waals surface area (Å²) in [7, 11) is 0. The fourth-order valence-corrected chi connectivity index (χ4v) is 1.71. The van der Waals surface area contributed by atoms with Gasteiger partial charge in [0, 0.05) is 0 Å². The summed E-state index contributed by atoms with van der Waals surface area (Å²) in [4.78, 5) is 10.6. The predicted molar refractivity (Wildman–Crippen MR) is 56.9 cm³/mol. The number of carboxylic acids is 1. The Morgan fingerprint density at radius 2 is 2.27 bits per heavy atom. The molecule has 0 bridgehead atoms. The zero-order valence-electron chi connectivity index (χ0n) is 8.25. The monoisotopic (exact) mass is 223 g/mol. The molecule has 0 radical (unpaired) electrons. The van der Waals surface area contributed by atoms with Gasteiger partial charge in [-0.05, 0) is 23.6 Å². The van der Waals surface area contributed by atoms with Gasteiger partial charge in [-0.25, -0.2) is 0 Å². The van der Waals surface area contributed by atoms with Crippen LogP contribution in [0.5, 0.6) is 0 Å². The Kier molecular flexibility index (Phi) is 3.70. The number of rotatable bonds is 3. The van der Waals surface area contributed by atoms with Crippen molar-refractivity contribution in [1.29, 1.82) is 5.26 Å². The van der Waals surface area contributed by atoms with Crippen LogP contribution in [0, 0.1) is 11.3 Å². The Morgan fingerprint density at radius 1 is 1.60 bits per heavy atom. The summed E-state index contributed by atoms with van der Waals surface area (Å²) >= 11 is 5.95. The summed E-state index contributed by atoms with van der Waals surface area (Å²) in [6.45, 7) is 1.92. The fraction of sp³-hybridized carbons (Fsp3) is 0.273. The van der Waals surface area contributed by atoms with E-state index in [2.05, 4.69) is 0 Å². The van der Waals surface area contributed by atoms with Gasteiger partial charge in [-0.15, -0.1) is 0 Å². The first-order chi connectivity index (χ1) is 7.10. The van der Waals surface area contributed by atoms with E-state index < -0.39 is 5.97 Å². The van der Waals surface area contributed by atoms with Gasteiger partial charge in [0.05, 0.1) is 17.0 Å². The molecular formula is C11H10ClNO2. The van der Waals surface area contributed by atoms with Crippen molar-refractivity contribution in [2.75, 3.05) is 0 Å². The molecule has 0 aliphatic carbocycles. The first-order valence-electron chi connectivity index (χ1n) is 4.52. The van der Waals surface area contributed by atoms with Crippen LogP contribution in [0.1, 0.15) is 23.6 Å². The van der Waals surface area contributed by atoms with Crippen molar-refractivity contribution in [2.24, 2.45) is 0 Å². The molecule has 0 saturated carbocycles. The van der Waals surface area contributed by atoms with Crippen molar-refractivity contribution in [3.05, 3.63) is 33.8 Å². The molecule has 15 heavy (non-hydrogen) atoms. The molecule has 0 aliphatic heterocycles. The minimum absolute atomic E-state index is 0.141. The summed E-state index contributed by atoms with van der Waals surface area (Å²) < 4.78 is 0. The van der Waals surface area contributed by atoms with Gasteiger partial charge in [-0.2, -0.15) is 5.26 Å². The Bertz CT molecular complexity index is 435. The highest BCUT2D eigenvalue weighted by Gasteiger charge is 2.13. The van der Waals surface area contributed by atoms with Crippen LogP contribution < -0.4 is 0 Å². The molecule has 1 rings (SSSR count). The minimum atomic E-state index is -0.943. The molecule has 0 atom stereocenters. The predicted octanol–water partition coefficient (Wildman–Crippen LogP) is 2.40. The van der Waals surface area contributed by atoms with E-state index in [4.69, 9.17) is 22.0 Å². The molecule has 3 nitrogen and oxygen atoms in total. The molecular weight excluding hydrogens is 214 g/mol. The average Bonchev–Trinajstić information content (AvgIpc) is 2.20. The van der Waals surface area contributed by atoms with Crippen LogP contribution in [0.15, 0.2) is 12.1 Å². The number of aliphatic carboxylic acids is 1. The molecule has 0 aliphatic rings. The minimum Gasteiger partial charge on any atom is -0.481 e. The highest BCUT2D eigenvalue weighted by Crippen LogP contribution is 2.25. The van der Waals surface area contributed by atoms with E-state index in [0.29, 0.717) is 17.5 Å². The van der Waals surface area contributed by atoms with Crippen LogP contribution in [0.2, 0.25) is 5.02 Å². The Hall–Kier alpha value is -1.53. The van der Waals surface area contributed by atoms with Gasteiger partial charge in [0.15, 0.2) is 0 Å². The van der Waals surface area contributed by atoms with Crippen molar-refractivity contribution in [2.45, 2.75) is 19.8 Å². The van der Waals surface area contributed by atoms with E-state index in [1.165, 1.54) is 0 Å². The third-order valence-electron chi connectivity index (χ3n) is 2.17. The summed E-state index contributed by atoms with van der Waals surface area (Å²) in [6.07, 6.45) is 0.561. The maximum Gasteiger partial charge on any atom is 0.307 e. The van der Waals surface area contributed by atoms with Gasteiger partial charge in [-0.3, -0.25) is 4.79 Å². The van der Waals surface area contributed by atoms with Gasteiger partial charge in [0.2, 0.25) is 0 Å². The molecule has 0 amide bonds. The zero-order chi connectivity index (χ0) is 11.4. The molecule has 1 N–H and O–H groups in total. The molecule has 0 unspecified atom stereocenters. The van der Waals surface area contributed by atoms with Gasteiger partial charge in [0.1, 0.15) is 6.07 Å². The van der Waals surface area contributed by atoms with Crippen molar-refractivity contribution >= 4 is 17.6 Å². The Morgan fingerprint density at radius 3 is 2.73 bits per heavy atom. The number of halogens is 1. The molecule has 0 spiro atoms. The zero-order valence-corrected chi connectivity index (χ0v) is 9.01. The van der Waals surface area contributed by atoms with Crippen LogP contribution in [0.3, 0.4) is 0 Å². The number of hydrogen-bond acceptors (Lipinski definition) is 2. The number of aryl methyl sites for hydroxylation is 1. The van der Waals surface area contributed by atoms with Gasteiger partial charge in [-0.1, -0.05) is 24.6 Å². The molecule has 78 valence electrons. The first kappa shape index (κ1) is 11.5. The van der Waals surface area contributed by atoms with E-state index >= 15 is 0 Å². The SMILES string of the molecule is CCc1ccc(C#N)c(Cl)c1CC(=O)O. The second-order valence-corrected chi connectivity index (χ2v) is 3.48. The topological polar surface area (TPSA) is 61.1 Å². The molecule has 0 heterocycles. The van der Waals surface area contributed by atoms with E-state index in [9.17, 15) is 4.79 Å². The number of nitriles is 1. The lowest BCUT2D eigenvalue weighted by molar-refractivity contribution is -0.136. The van der Waals surface area contributed by atoms with E-state index in [1.54, 1.807) is 12.1 Å². The van der Waals surface area contributed by atoms with Crippen LogP contribution in [-0.2, 0) is 17.6 Å². The fourth-order valence-electron chi connectivity index (χ4n) is 1.42. The number of hydrogen-bond donors (Lipinski definition) is 1. The third-order valence-corrected chi connectivity index (χ3v) is 2.60. The lowest BCUT2D eigenvalue weighted by Gasteiger charge is -2.08. The van der Waals surface area contributed by atoms with Gasteiger partial charge < -0.3 is 5.11 Å². The summed E-state index contributed by atoms with van der Waals surface area (Å²) in [5, 5.41) is 17.8. The Balaban J connectivity index is 3.30. The lowest BCUT2D eigenvalue weighted by Crippen LogP contribution is -2.05. The van der Waals surface area contributed by atoms with E-state index in [0.717, 1.165) is 5.56 Å². The van der Waals surface area contributed by atoms with Crippen molar-refractivity contribution in [1.82, 2.24) is 0 Å². The number of nitrogens with zero attached hydrogens (tertiary/aromatic N) is 1. The Labute approximate surface area is 92.9 Å². The first-order valence-corrected chi connectivity index (χ1v) is 4.90. The quantitative estimate of drug-likeness (QED) is 0.856. The van der Waals surface area contributed by atoms with Gasteiger partial charge in [0.25, 0.3) is 0 Å². The summed E-state index contributed by atoms with van der Waals surface area (Å²) in [6, 6.07) is 5.31. The maximum absolute atomic E-state index is 10.6. The molecule has 0 fully saturated rings. The highest BCUT2D eigenvalue weighted by molar-refractivity contribution is 6.32. The van der Waals surface area contributed by atoms with Crippen molar-refractivity contribution in [3.8, 4) is 6.07 Å². The number of benzene rings is 1. The van der Waals surface area contributed by atoms with E-state index in [1.807, 2.05) is 13.0 Å². The lowest BCUT2D eigenvalue weighted by atomic mass is 9.99. The van der Waals surface area contributed by atoms with Crippen molar-refractivity contribution < 1.29 is 9.90 Å². The molecule has 4 heteroatoms. The van der Waals surface area contributed by atoms with Crippen LogP contribution in [0.4, 0.5) is 0 Å². The van der Waals surface area contributed by atoms with Crippen LogP contribution >= 0.6 is 11.6 Å². The standard InChI is InChI=1S/C11H10ClNO2/c1-2-7-3-4-8(6-13)11(12)9(7)5-10(14)15/h3-4H,2,5H2,1H3,(H,14,15). The van der Waals surface area contributed by atoms with Crippen molar-refractivity contribution in [3.63, 3.8) is 0 Å². The number of carboxylic acid groups (broad SMARTS) is 1. The molecule has 0 saturated heterocycles. The van der Waals surface area contributed by atoms with E-state index in [-0.39, 0.29) is 11.4 Å². The number of carbonyl (C=O) groups is 1. The molecule has 1 aromatic rings. The highest BCUT2D eigenvalue weighted by atomic mass is 35.5. The molecule has 1 aromatic carbocycles. The molecule has 0 aromatic heterocycles. The smallest absolute Gasteiger partial charge is 0.307 e. The van der Waals surface area contributed by atoms with Crippen LogP contribution in [-0.4, -0.2) is 11.1 Å². The largest absolute Gasteiger partial charge is 0.481 e. The second kappa shape index (κ2) is 4.81. The van der Waals surface area contributed by atoms with Gasteiger partial charge >= 0.3 is 5.97 Å².